The van der Waals surface area contributed by atoms with E-state index in [-0.39, 0.29) is 5.91 Å². The van der Waals surface area contributed by atoms with Gasteiger partial charge in [-0.2, -0.15) is 0 Å². The number of rotatable bonds is 5. The molecule has 1 saturated heterocycles. The number of benzene rings is 1. The predicted molar refractivity (Wildman–Crippen MR) is 114 cm³/mol. The summed E-state index contributed by atoms with van der Waals surface area (Å²) >= 11 is 7.42. The average Bonchev–Trinajstić information content (AvgIpc) is 3.10. The number of anilines is 1. The summed E-state index contributed by atoms with van der Waals surface area (Å²) in [6.45, 7) is 5.90. The quantitative estimate of drug-likeness (QED) is 0.596. The molecule has 1 aliphatic heterocycles. The van der Waals surface area contributed by atoms with Crippen molar-refractivity contribution in [2.75, 3.05) is 36.8 Å². The van der Waals surface area contributed by atoms with Crippen molar-refractivity contribution in [3.05, 3.63) is 47.6 Å². The van der Waals surface area contributed by atoms with E-state index < -0.39 is 0 Å². The first kappa shape index (κ1) is 19.1. The lowest BCUT2D eigenvalue weighted by Crippen LogP contribution is -2.49. The van der Waals surface area contributed by atoms with E-state index in [1.165, 1.54) is 11.8 Å². The first-order valence-electron chi connectivity index (χ1n) is 9.38. The van der Waals surface area contributed by atoms with Gasteiger partial charge >= 0.3 is 0 Å². The number of carbonyl (C=O) groups excluding carboxylic acids is 1. The lowest BCUT2D eigenvalue weighted by molar-refractivity contribution is -0.128. The molecular formula is C20H22ClN5OS. The molecule has 2 aromatic heterocycles. The lowest BCUT2D eigenvalue weighted by atomic mass is 10.3. The van der Waals surface area contributed by atoms with Crippen LogP contribution in [0.3, 0.4) is 0 Å². The Morgan fingerprint density at radius 3 is 2.64 bits per heavy atom. The van der Waals surface area contributed by atoms with Crippen molar-refractivity contribution in [3.8, 4) is 0 Å². The van der Waals surface area contributed by atoms with Crippen LogP contribution in [-0.4, -0.2) is 57.3 Å². The highest BCUT2D eigenvalue weighted by Crippen LogP contribution is 2.24. The molecule has 1 aliphatic rings. The van der Waals surface area contributed by atoms with Gasteiger partial charge in [0.15, 0.2) is 5.16 Å². The highest BCUT2D eigenvalue weighted by molar-refractivity contribution is 7.99. The number of para-hydroxylation sites is 2. The number of piperazine rings is 1. The maximum Gasteiger partial charge on any atom is 0.233 e. The van der Waals surface area contributed by atoms with Gasteiger partial charge in [-0.25, -0.2) is 9.97 Å². The van der Waals surface area contributed by atoms with E-state index in [1.54, 1.807) is 6.20 Å². The fraction of sp³-hybridized carbons (Fsp3) is 0.350. The van der Waals surface area contributed by atoms with Gasteiger partial charge in [0.05, 0.1) is 21.8 Å². The summed E-state index contributed by atoms with van der Waals surface area (Å²) in [4.78, 5) is 25.9. The Hall–Kier alpha value is -2.25. The van der Waals surface area contributed by atoms with Crippen molar-refractivity contribution in [3.63, 3.8) is 0 Å². The number of nitrogens with zero attached hydrogens (tertiary/aromatic N) is 5. The summed E-state index contributed by atoms with van der Waals surface area (Å²) in [7, 11) is 0. The molecule has 0 radical (unpaired) electrons. The first-order chi connectivity index (χ1) is 13.7. The second-order valence-corrected chi connectivity index (χ2v) is 8.00. The highest BCUT2D eigenvalue weighted by atomic mass is 35.5. The molecule has 3 heterocycles. The number of aromatic nitrogens is 3. The largest absolute Gasteiger partial charge is 0.353 e. The topological polar surface area (TPSA) is 54.3 Å². The standard InChI is InChI=1S/C20H22ClN5OS/c1-2-26-17-6-4-3-5-16(17)23-20(26)28-14-19(27)25-11-9-24(10-12-25)18-8-7-15(21)13-22-18/h3-8,13H,2,9-12,14H2,1H3. The molecule has 1 aromatic carbocycles. The number of halogens is 1. The smallest absolute Gasteiger partial charge is 0.233 e. The Bertz CT molecular complexity index is 966. The molecule has 0 bridgehead atoms. The van der Waals surface area contributed by atoms with Gasteiger partial charge in [0.1, 0.15) is 5.82 Å². The molecule has 0 atom stereocenters. The van der Waals surface area contributed by atoms with E-state index in [0.29, 0.717) is 23.9 Å². The van der Waals surface area contributed by atoms with E-state index in [2.05, 4.69) is 32.4 Å². The molecule has 146 valence electrons. The van der Waals surface area contributed by atoms with Crippen LogP contribution in [0.4, 0.5) is 5.82 Å². The van der Waals surface area contributed by atoms with Crippen molar-refractivity contribution in [1.29, 1.82) is 0 Å². The van der Waals surface area contributed by atoms with Gasteiger partial charge in [-0.1, -0.05) is 35.5 Å². The highest BCUT2D eigenvalue weighted by Gasteiger charge is 2.22. The molecular weight excluding hydrogens is 394 g/mol. The van der Waals surface area contributed by atoms with Crippen LogP contribution in [0.25, 0.3) is 11.0 Å². The zero-order valence-corrected chi connectivity index (χ0v) is 17.3. The summed E-state index contributed by atoms with van der Waals surface area (Å²) in [6, 6.07) is 11.9. The third kappa shape index (κ3) is 3.95. The van der Waals surface area contributed by atoms with Crippen molar-refractivity contribution in [2.45, 2.75) is 18.6 Å². The van der Waals surface area contributed by atoms with Gasteiger partial charge in [-0.3, -0.25) is 4.79 Å². The summed E-state index contributed by atoms with van der Waals surface area (Å²) in [6.07, 6.45) is 1.66. The number of hydrogen-bond acceptors (Lipinski definition) is 5. The Labute approximate surface area is 173 Å². The van der Waals surface area contributed by atoms with Gasteiger partial charge in [-0.05, 0) is 31.2 Å². The number of fused-ring (bicyclic) bond motifs is 1. The Balaban J connectivity index is 1.34. The van der Waals surface area contributed by atoms with Gasteiger partial charge in [0, 0.05) is 38.9 Å². The van der Waals surface area contributed by atoms with Crippen LogP contribution in [0.2, 0.25) is 5.02 Å². The van der Waals surface area contributed by atoms with E-state index in [9.17, 15) is 4.79 Å². The van der Waals surface area contributed by atoms with E-state index >= 15 is 0 Å². The maximum atomic E-state index is 12.7. The third-order valence-electron chi connectivity index (χ3n) is 4.93. The number of imidazole rings is 1. The van der Waals surface area contributed by atoms with Crippen LogP contribution in [0, 0.1) is 0 Å². The van der Waals surface area contributed by atoms with Crippen molar-refractivity contribution < 1.29 is 4.79 Å². The summed E-state index contributed by atoms with van der Waals surface area (Å²) in [5.74, 6) is 1.47. The minimum absolute atomic E-state index is 0.156. The summed E-state index contributed by atoms with van der Waals surface area (Å²) < 4.78 is 2.16. The number of amides is 1. The Kier molecular flexibility index (Phi) is 5.73. The molecule has 3 aromatic rings. The number of aryl methyl sites for hydroxylation is 1. The molecule has 4 rings (SSSR count). The van der Waals surface area contributed by atoms with Crippen LogP contribution in [0.5, 0.6) is 0 Å². The Morgan fingerprint density at radius 1 is 1.14 bits per heavy atom. The van der Waals surface area contributed by atoms with E-state index in [0.717, 1.165) is 41.6 Å². The molecule has 1 fully saturated rings. The zero-order valence-electron chi connectivity index (χ0n) is 15.7. The van der Waals surface area contributed by atoms with Crippen LogP contribution < -0.4 is 4.90 Å². The lowest BCUT2D eigenvalue weighted by Gasteiger charge is -2.35. The number of carbonyl (C=O) groups is 1. The fourth-order valence-corrected chi connectivity index (χ4v) is 4.52. The van der Waals surface area contributed by atoms with Crippen LogP contribution >= 0.6 is 23.4 Å². The van der Waals surface area contributed by atoms with Gasteiger partial charge in [0.25, 0.3) is 0 Å². The monoisotopic (exact) mass is 415 g/mol. The van der Waals surface area contributed by atoms with Crippen molar-refractivity contribution >= 4 is 46.1 Å². The normalized spacial score (nSPS) is 14.6. The van der Waals surface area contributed by atoms with Crippen molar-refractivity contribution in [2.24, 2.45) is 0 Å². The molecule has 8 heteroatoms. The molecule has 0 saturated carbocycles. The average molecular weight is 416 g/mol. The molecule has 0 spiro atoms. The fourth-order valence-electron chi connectivity index (χ4n) is 3.43. The molecule has 0 N–H and O–H groups in total. The van der Waals surface area contributed by atoms with Gasteiger partial charge < -0.3 is 14.4 Å². The minimum atomic E-state index is 0.156. The van der Waals surface area contributed by atoms with E-state index in [1.807, 2.05) is 35.2 Å². The van der Waals surface area contributed by atoms with Crippen LogP contribution in [-0.2, 0) is 11.3 Å². The second-order valence-electron chi connectivity index (χ2n) is 6.62. The molecule has 1 amide bonds. The minimum Gasteiger partial charge on any atom is -0.353 e. The third-order valence-corrected chi connectivity index (χ3v) is 6.11. The molecule has 6 nitrogen and oxygen atoms in total. The van der Waals surface area contributed by atoms with Crippen LogP contribution in [0.15, 0.2) is 47.8 Å². The summed E-state index contributed by atoms with van der Waals surface area (Å²) in [5, 5.41) is 1.54. The van der Waals surface area contributed by atoms with Gasteiger partial charge in [0.2, 0.25) is 5.91 Å². The summed E-state index contributed by atoms with van der Waals surface area (Å²) in [5.41, 5.74) is 2.09. The molecule has 0 aliphatic carbocycles. The predicted octanol–water partition coefficient (Wildman–Crippen LogP) is 3.55. The number of hydrogen-bond donors (Lipinski definition) is 0. The van der Waals surface area contributed by atoms with Gasteiger partial charge in [-0.15, -0.1) is 0 Å². The molecule has 28 heavy (non-hydrogen) atoms. The molecule has 0 unspecified atom stereocenters. The van der Waals surface area contributed by atoms with Crippen LogP contribution in [0.1, 0.15) is 6.92 Å². The number of thioether (sulfide) groups is 1. The number of pyridine rings is 1. The van der Waals surface area contributed by atoms with E-state index in [4.69, 9.17) is 11.6 Å². The SMILES string of the molecule is CCn1c(SCC(=O)N2CCN(c3ccc(Cl)cn3)CC2)nc2ccccc21. The van der Waals surface area contributed by atoms with Crippen molar-refractivity contribution in [1.82, 2.24) is 19.4 Å². The first-order valence-corrected chi connectivity index (χ1v) is 10.7. The second kappa shape index (κ2) is 8.41. The Morgan fingerprint density at radius 2 is 1.93 bits per heavy atom. The maximum absolute atomic E-state index is 12.7. The zero-order chi connectivity index (χ0) is 19.5.